The molecule has 2 heterocycles. The molecule has 0 amide bonds. The Bertz CT molecular complexity index is 308. The van der Waals surface area contributed by atoms with E-state index in [2.05, 4.69) is 35.5 Å². The Balaban J connectivity index is 1.94. The molecule has 0 aromatic carbocycles. The molecule has 1 aromatic rings. The minimum Gasteiger partial charge on any atom is -0.316 e. The first-order chi connectivity index (χ1) is 7.33. The monoisotopic (exact) mass is 224 g/mol. The third-order valence-corrected chi connectivity index (χ3v) is 4.23. The van der Waals surface area contributed by atoms with Crippen LogP contribution in [0.3, 0.4) is 0 Å². The van der Waals surface area contributed by atoms with Crippen molar-refractivity contribution in [2.75, 3.05) is 26.2 Å². The summed E-state index contributed by atoms with van der Waals surface area (Å²) in [6.45, 7) is 9.07. The highest BCUT2D eigenvalue weighted by molar-refractivity contribution is 7.10. The molecule has 0 spiro atoms. The van der Waals surface area contributed by atoms with Crippen molar-refractivity contribution in [3.05, 3.63) is 21.9 Å². The highest BCUT2D eigenvalue weighted by atomic mass is 32.1. The van der Waals surface area contributed by atoms with Gasteiger partial charge in [0.15, 0.2) is 0 Å². The second-order valence-corrected chi connectivity index (χ2v) is 5.12. The van der Waals surface area contributed by atoms with E-state index in [4.69, 9.17) is 0 Å². The number of likely N-dealkylation sites (N-methyl/N-ethyl adjacent to an activating group) is 1. The molecule has 1 N–H and O–H groups in total. The summed E-state index contributed by atoms with van der Waals surface area (Å²) in [5.74, 6) is 0. The van der Waals surface area contributed by atoms with Crippen molar-refractivity contribution in [1.29, 1.82) is 0 Å². The van der Waals surface area contributed by atoms with E-state index in [-0.39, 0.29) is 0 Å². The standard InChI is InChI=1S/C12H20N2S/c1-3-13-6-8-14-7-4-12-11(10(14)2)5-9-15-12/h5,9-10,13H,3-4,6-8H2,1-2H3. The molecule has 3 heteroatoms. The summed E-state index contributed by atoms with van der Waals surface area (Å²) >= 11 is 1.92. The Morgan fingerprint density at radius 2 is 2.47 bits per heavy atom. The summed E-state index contributed by atoms with van der Waals surface area (Å²) in [5, 5.41) is 5.63. The van der Waals surface area contributed by atoms with E-state index in [9.17, 15) is 0 Å². The lowest BCUT2D eigenvalue weighted by atomic mass is 10.0. The van der Waals surface area contributed by atoms with Gasteiger partial charge in [0.2, 0.25) is 0 Å². The molecule has 0 fully saturated rings. The van der Waals surface area contributed by atoms with Crippen LogP contribution in [0.4, 0.5) is 0 Å². The van der Waals surface area contributed by atoms with Crippen LogP contribution in [-0.2, 0) is 6.42 Å². The normalized spacial score (nSPS) is 21.6. The Labute approximate surface area is 96.3 Å². The minimum absolute atomic E-state index is 0.610. The first kappa shape index (κ1) is 11.1. The van der Waals surface area contributed by atoms with Gasteiger partial charge in [0, 0.05) is 30.6 Å². The van der Waals surface area contributed by atoms with Crippen molar-refractivity contribution in [3.8, 4) is 0 Å². The van der Waals surface area contributed by atoms with Crippen molar-refractivity contribution in [2.24, 2.45) is 0 Å². The number of hydrogen-bond donors (Lipinski definition) is 1. The summed E-state index contributed by atoms with van der Waals surface area (Å²) in [6, 6.07) is 2.91. The number of fused-ring (bicyclic) bond motifs is 1. The molecule has 0 radical (unpaired) electrons. The van der Waals surface area contributed by atoms with E-state index in [0.717, 1.165) is 13.1 Å². The molecule has 2 rings (SSSR count). The van der Waals surface area contributed by atoms with E-state index in [1.54, 1.807) is 10.4 Å². The zero-order chi connectivity index (χ0) is 10.7. The summed E-state index contributed by atoms with van der Waals surface area (Å²) in [7, 11) is 0. The Kier molecular flexibility index (Phi) is 3.78. The van der Waals surface area contributed by atoms with Crippen LogP contribution < -0.4 is 5.32 Å². The lowest BCUT2D eigenvalue weighted by Crippen LogP contribution is -2.38. The van der Waals surface area contributed by atoms with E-state index in [0.29, 0.717) is 6.04 Å². The van der Waals surface area contributed by atoms with Gasteiger partial charge < -0.3 is 5.32 Å². The second kappa shape index (κ2) is 5.10. The number of nitrogens with one attached hydrogen (secondary N) is 1. The number of nitrogens with zero attached hydrogens (tertiary/aromatic N) is 1. The molecule has 1 atom stereocenters. The highest BCUT2D eigenvalue weighted by Crippen LogP contribution is 2.32. The smallest absolute Gasteiger partial charge is 0.0331 e. The molecule has 0 bridgehead atoms. The first-order valence-corrected chi connectivity index (χ1v) is 6.72. The van der Waals surface area contributed by atoms with Gasteiger partial charge in [-0.1, -0.05) is 6.92 Å². The van der Waals surface area contributed by atoms with Crippen LogP contribution in [0.1, 0.15) is 30.3 Å². The largest absolute Gasteiger partial charge is 0.316 e. The van der Waals surface area contributed by atoms with Gasteiger partial charge in [-0.05, 0) is 36.9 Å². The van der Waals surface area contributed by atoms with E-state index in [1.165, 1.54) is 19.5 Å². The van der Waals surface area contributed by atoms with Crippen molar-refractivity contribution < 1.29 is 0 Å². The summed E-state index contributed by atoms with van der Waals surface area (Å²) in [6.07, 6.45) is 1.24. The zero-order valence-electron chi connectivity index (χ0n) is 9.62. The van der Waals surface area contributed by atoms with Crippen molar-refractivity contribution in [1.82, 2.24) is 10.2 Å². The predicted molar refractivity (Wildman–Crippen MR) is 66.6 cm³/mol. The maximum atomic E-state index is 3.39. The number of hydrogen-bond acceptors (Lipinski definition) is 3. The maximum Gasteiger partial charge on any atom is 0.0331 e. The predicted octanol–water partition coefficient (Wildman–Crippen LogP) is 2.28. The summed E-state index contributed by atoms with van der Waals surface area (Å²) in [5.41, 5.74) is 1.56. The average Bonchev–Trinajstić information content (AvgIpc) is 2.70. The fraction of sp³-hybridized carbons (Fsp3) is 0.667. The highest BCUT2D eigenvalue weighted by Gasteiger charge is 2.23. The van der Waals surface area contributed by atoms with E-state index < -0.39 is 0 Å². The molecule has 0 aliphatic carbocycles. The molecule has 1 aliphatic heterocycles. The number of thiophene rings is 1. The first-order valence-electron chi connectivity index (χ1n) is 5.84. The van der Waals surface area contributed by atoms with Gasteiger partial charge in [-0.15, -0.1) is 11.3 Å². The fourth-order valence-corrected chi connectivity index (χ4v) is 3.23. The van der Waals surface area contributed by atoms with Crippen LogP contribution in [0, 0.1) is 0 Å². The van der Waals surface area contributed by atoms with Gasteiger partial charge in [-0.3, -0.25) is 4.90 Å². The van der Waals surface area contributed by atoms with Crippen LogP contribution in [0.2, 0.25) is 0 Å². The molecule has 2 nitrogen and oxygen atoms in total. The Hall–Kier alpha value is -0.380. The average molecular weight is 224 g/mol. The lowest BCUT2D eigenvalue weighted by molar-refractivity contribution is 0.201. The van der Waals surface area contributed by atoms with Gasteiger partial charge in [-0.25, -0.2) is 0 Å². The van der Waals surface area contributed by atoms with Crippen LogP contribution in [0.15, 0.2) is 11.4 Å². The molecular weight excluding hydrogens is 204 g/mol. The van der Waals surface area contributed by atoms with Crippen LogP contribution in [-0.4, -0.2) is 31.1 Å². The van der Waals surface area contributed by atoms with Crippen molar-refractivity contribution >= 4 is 11.3 Å². The summed E-state index contributed by atoms with van der Waals surface area (Å²) < 4.78 is 0. The van der Waals surface area contributed by atoms with Gasteiger partial charge in [-0.2, -0.15) is 0 Å². The van der Waals surface area contributed by atoms with Crippen LogP contribution in [0.5, 0.6) is 0 Å². The molecule has 1 unspecified atom stereocenters. The third kappa shape index (κ3) is 2.41. The minimum atomic E-state index is 0.610. The molecule has 1 aliphatic rings. The van der Waals surface area contributed by atoms with Gasteiger partial charge in [0.05, 0.1) is 0 Å². The van der Waals surface area contributed by atoms with E-state index >= 15 is 0 Å². The van der Waals surface area contributed by atoms with Crippen molar-refractivity contribution in [3.63, 3.8) is 0 Å². The Morgan fingerprint density at radius 3 is 3.27 bits per heavy atom. The molecule has 0 saturated heterocycles. The SMILES string of the molecule is CCNCCN1CCc2sccc2C1C. The third-order valence-electron chi connectivity index (χ3n) is 3.23. The van der Waals surface area contributed by atoms with Gasteiger partial charge >= 0.3 is 0 Å². The van der Waals surface area contributed by atoms with Gasteiger partial charge in [0.25, 0.3) is 0 Å². The van der Waals surface area contributed by atoms with Gasteiger partial charge in [0.1, 0.15) is 0 Å². The molecule has 0 saturated carbocycles. The summed E-state index contributed by atoms with van der Waals surface area (Å²) in [4.78, 5) is 4.18. The lowest BCUT2D eigenvalue weighted by Gasteiger charge is -2.33. The van der Waals surface area contributed by atoms with Crippen LogP contribution >= 0.6 is 11.3 Å². The topological polar surface area (TPSA) is 15.3 Å². The Morgan fingerprint density at radius 1 is 1.60 bits per heavy atom. The molecular formula is C12H20N2S. The second-order valence-electron chi connectivity index (χ2n) is 4.11. The number of rotatable bonds is 4. The van der Waals surface area contributed by atoms with Crippen LogP contribution in [0.25, 0.3) is 0 Å². The van der Waals surface area contributed by atoms with Crippen molar-refractivity contribution in [2.45, 2.75) is 26.3 Å². The molecule has 15 heavy (non-hydrogen) atoms. The molecule has 1 aromatic heterocycles. The maximum absolute atomic E-state index is 3.39. The quantitative estimate of drug-likeness (QED) is 0.789. The van der Waals surface area contributed by atoms with E-state index in [1.807, 2.05) is 11.3 Å². The zero-order valence-corrected chi connectivity index (χ0v) is 10.4. The fourth-order valence-electron chi connectivity index (χ4n) is 2.27. The molecule has 84 valence electrons.